The van der Waals surface area contributed by atoms with Gasteiger partial charge in [0.1, 0.15) is 0 Å². The molecule has 0 radical (unpaired) electrons. The summed E-state index contributed by atoms with van der Waals surface area (Å²) in [7, 11) is 0. The third-order valence-electron chi connectivity index (χ3n) is 2.68. The first kappa shape index (κ1) is 15.5. The number of anilines is 1. The topological polar surface area (TPSA) is 92.4 Å². The van der Waals surface area contributed by atoms with Gasteiger partial charge in [0.15, 0.2) is 0 Å². The molecule has 0 heterocycles. The van der Waals surface area contributed by atoms with Crippen molar-refractivity contribution in [3.63, 3.8) is 0 Å². The van der Waals surface area contributed by atoms with E-state index in [2.05, 4.69) is 5.32 Å². The molecule has 1 amide bonds. The number of aromatic carboxylic acids is 1. The minimum absolute atomic E-state index is 0.0141. The summed E-state index contributed by atoms with van der Waals surface area (Å²) in [5.74, 6) is -1.46. The Balaban J connectivity index is 2.87. The highest BCUT2D eigenvalue weighted by atomic mass is 35.5. The second kappa shape index (κ2) is 5.59. The van der Waals surface area contributed by atoms with Crippen molar-refractivity contribution in [2.24, 2.45) is 11.1 Å². The molecule has 6 heteroatoms. The fraction of sp³-hybridized carbons (Fsp3) is 0.385. The van der Waals surface area contributed by atoms with Gasteiger partial charge in [-0.1, -0.05) is 32.4 Å². The monoisotopic (exact) mass is 284 g/mol. The molecule has 19 heavy (non-hydrogen) atoms. The van der Waals surface area contributed by atoms with E-state index in [-0.39, 0.29) is 21.9 Å². The quantitative estimate of drug-likeness (QED) is 0.794. The van der Waals surface area contributed by atoms with Crippen molar-refractivity contribution in [2.75, 3.05) is 5.32 Å². The van der Waals surface area contributed by atoms with Gasteiger partial charge in [0.05, 0.1) is 16.6 Å². The van der Waals surface area contributed by atoms with Gasteiger partial charge in [-0.05, 0) is 23.6 Å². The van der Waals surface area contributed by atoms with E-state index in [9.17, 15) is 9.59 Å². The summed E-state index contributed by atoms with van der Waals surface area (Å²) in [5.41, 5.74) is 5.86. The lowest BCUT2D eigenvalue weighted by Crippen LogP contribution is -2.45. The Morgan fingerprint density at radius 1 is 1.37 bits per heavy atom. The summed E-state index contributed by atoms with van der Waals surface area (Å²) in [5, 5.41) is 11.5. The van der Waals surface area contributed by atoms with Crippen LogP contribution in [0.15, 0.2) is 18.2 Å². The van der Waals surface area contributed by atoms with Crippen molar-refractivity contribution < 1.29 is 14.7 Å². The molecule has 0 saturated heterocycles. The molecule has 0 aliphatic heterocycles. The van der Waals surface area contributed by atoms with Crippen LogP contribution in [0.1, 0.15) is 31.1 Å². The van der Waals surface area contributed by atoms with Gasteiger partial charge < -0.3 is 16.2 Å². The molecule has 0 aromatic heterocycles. The first-order chi connectivity index (χ1) is 8.62. The number of carbonyl (C=O) groups is 2. The largest absolute Gasteiger partial charge is 0.478 e. The van der Waals surface area contributed by atoms with E-state index in [0.29, 0.717) is 5.69 Å². The zero-order valence-corrected chi connectivity index (χ0v) is 11.8. The number of hydrogen-bond acceptors (Lipinski definition) is 3. The number of rotatable bonds is 3. The van der Waals surface area contributed by atoms with Crippen LogP contribution < -0.4 is 11.1 Å². The molecule has 104 valence electrons. The zero-order valence-electron chi connectivity index (χ0n) is 11.0. The number of nitrogens with two attached hydrogens (primary N) is 1. The molecule has 0 bridgehead atoms. The third-order valence-corrected chi connectivity index (χ3v) is 3.00. The third kappa shape index (κ3) is 3.94. The summed E-state index contributed by atoms with van der Waals surface area (Å²) in [6.45, 7) is 5.58. The normalized spacial score (nSPS) is 12.9. The minimum Gasteiger partial charge on any atom is -0.478 e. The molecule has 1 aromatic rings. The highest BCUT2D eigenvalue weighted by Gasteiger charge is 2.27. The average Bonchev–Trinajstić information content (AvgIpc) is 2.26. The molecule has 0 aliphatic rings. The fourth-order valence-electron chi connectivity index (χ4n) is 1.38. The second-order valence-electron chi connectivity index (χ2n) is 5.33. The van der Waals surface area contributed by atoms with Crippen molar-refractivity contribution >= 4 is 29.2 Å². The lowest BCUT2D eigenvalue weighted by Gasteiger charge is -2.25. The molecule has 0 fully saturated rings. The highest BCUT2D eigenvalue weighted by molar-refractivity contribution is 6.33. The SMILES string of the molecule is CC(C)(C)C(N)C(=O)Nc1ccc(C(=O)O)c(Cl)c1. The number of carboxylic acids is 1. The van der Waals surface area contributed by atoms with Gasteiger partial charge in [-0.3, -0.25) is 4.79 Å². The number of hydrogen-bond donors (Lipinski definition) is 3. The van der Waals surface area contributed by atoms with Gasteiger partial charge in [-0.2, -0.15) is 0 Å². The Hall–Kier alpha value is -1.59. The van der Waals surface area contributed by atoms with Crippen LogP contribution in [0.2, 0.25) is 5.02 Å². The maximum absolute atomic E-state index is 11.9. The number of nitrogens with one attached hydrogen (secondary N) is 1. The molecule has 1 rings (SSSR count). The van der Waals surface area contributed by atoms with Crippen molar-refractivity contribution in [3.05, 3.63) is 28.8 Å². The predicted molar refractivity (Wildman–Crippen MR) is 74.5 cm³/mol. The summed E-state index contributed by atoms with van der Waals surface area (Å²) >= 11 is 5.81. The second-order valence-corrected chi connectivity index (χ2v) is 5.74. The molecule has 1 unspecified atom stereocenters. The van der Waals surface area contributed by atoms with Crippen molar-refractivity contribution in [3.8, 4) is 0 Å². The van der Waals surface area contributed by atoms with E-state index in [1.165, 1.54) is 18.2 Å². The van der Waals surface area contributed by atoms with E-state index in [1.54, 1.807) is 0 Å². The van der Waals surface area contributed by atoms with Gasteiger partial charge >= 0.3 is 5.97 Å². The molecular weight excluding hydrogens is 268 g/mol. The highest BCUT2D eigenvalue weighted by Crippen LogP contribution is 2.23. The number of carbonyl (C=O) groups excluding carboxylic acids is 1. The molecule has 4 N–H and O–H groups in total. The van der Waals surface area contributed by atoms with Crippen molar-refractivity contribution in [1.82, 2.24) is 0 Å². The first-order valence-electron chi connectivity index (χ1n) is 5.72. The zero-order chi connectivity index (χ0) is 14.8. The van der Waals surface area contributed by atoms with Crippen LogP contribution in [0.4, 0.5) is 5.69 Å². The predicted octanol–water partition coefficient (Wildman–Crippen LogP) is 2.35. The Bertz CT molecular complexity index is 509. The van der Waals surface area contributed by atoms with Crippen LogP contribution in [-0.2, 0) is 4.79 Å². The van der Waals surface area contributed by atoms with Gasteiger partial charge in [0.2, 0.25) is 5.91 Å². The van der Waals surface area contributed by atoms with Gasteiger partial charge in [0, 0.05) is 5.69 Å². The summed E-state index contributed by atoms with van der Waals surface area (Å²) < 4.78 is 0. The fourth-order valence-corrected chi connectivity index (χ4v) is 1.64. The Kier molecular flexibility index (Phi) is 4.55. The number of benzene rings is 1. The lowest BCUT2D eigenvalue weighted by molar-refractivity contribution is -0.119. The summed E-state index contributed by atoms with van der Waals surface area (Å²) in [6.07, 6.45) is 0. The summed E-state index contributed by atoms with van der Waals surface area (Å²) in [6, 6.07) is 3.52. The van der Waals surface area contributed by atoms with Gasteiger partial charge in [-0.15, -0.1) is 0 Å². The van der Waals surface area contributed by atoms with Gasteiger partial charge in [0.25, 0.3) is 0 Å². The lowest BCUT2D eigenvalue weighted by atomic mass is 9.87. The van der Waals surface area contributed by atoms with Crippen LogP contribution in [0, 0.1) is 5.41 Å². The molecule has 0 saturated carbocycles. The Morgan fingerprint density at radius 3 is 2.37 bits per heavy atom. The maximum atomic E-state index is 11.9. The smallest absolute Gasteiger partial charge is 0.337 e. The van der Waals surface area contributed by atoms with Crippen molar-refractivity contribution in [2.45, 2.75) is 26.8 Å². The molecule has 1 atom stereocenters. The van der Waals surface area contributed by atoms with E-state index < -0.39 is 12.0 Å². The maximum Gasteiger partial charge on any atom is 0.337 e. The van der Waals surface area contributed by atoms with E-state index >= 15 is 0 Å². The molecule has 1 aromatic carbocycles. The van der Waals surface area contributed by atoms with Crippen LogP contribution in [0.5, 0.6) is 0 Å². The van der Waals surface area contributed by atoms with E-state index in [4.69, 9.17) is 22.4 Å². The molecule has 5 nitrogen and oxygen atoms in total. The molecular formula is C13H17ClN2O3. The number of halogens is 1. The standard InChI is InChI=1S/C13H17ClN2O3/c1-13(2,3)10(15)11(17)16-7-4-5-8(12(18)19)9(14)6-7/h4-6,10H,15H2,1-3H3,(H,16,17)(H,18,19). The van der Waals surface area contributed by atoms with Crippen LogP contribution in [-0.4, -0.2) is 23.0 Å². The molecule has 0 aliphatic carbocycles. The van der Waals surface area contributed by atoms with E-state index in [1.807, 2.05) is 20.8 Å². The van der Waals surface area contributed by atoms with Crippen LogP contribution >= 0.6 is 11.6 Å². The Morgan fingerprint density at radius 2 is 1.95 bits per heavy atom. The summed E-state index contributed by atoms with van der Waals surface area (Å²) in [4.78, 5) is 22.7. The van der Waals surface area contributed by atoms with Gasteiger partial charge in [-0.25, -0.2) is 4.79 Å². The van der Waals surface area contributed by atoms with Crippen molar-refractivity contribution in [1.29, 1.82) is 0 Å². The number of carboxylic acid groups (broad SMARTS) is 1. The first-order valence-corrected chi connectivity index (χ1v) is 6.10. The van der Waals surface area contributed by atoms with E-state index in [0.717, 1.165) is 0 Å². The van der Waals surface area contributed by atoms with Crippen LogP contribution in [0.25, 0.3) is 0 Å². The minimum atomic E-state index is -1.12. The van der Waals surface area contributed by atoms with Crippen LogP contribution in [0.3, 0.4) is 0 Å². The number of amides is 1. The average molecular weight is 285 g/mol. The molecule has 0 spiro atoms. The Labute approximate surface area is 116 Å².